The summed E-state index contributed by atoms with van der Waals surface area (Å²) in [5.41, 5.74) is 5.91. The fourth-order valence-electron chi connectivity index (χ4n) is 4.32. The monoisotopic (exact) mass is 294 g/mol. The van der Waals surface area contributed by atoms with E-state index < -0.39 is 0 Å². The molecule has 1 saturated heterocycles. The molecule has 0 spiro atoms. The molecule has 2 unspecified atom stereocenters. The third-order valence-electron chi connectivity index (χ3n) is 5.72. The van der Waals surface area contributed by atoms with Crippen molar-refractivity contribution in [1.29, 1.82) is 0 Å². The Balaban J connectivity index is 1.88. The summed E-state index contributed by atoms with van der Waals surface area (Å²) in [5, 5.41) is 0. The molecule has 1 heterocycles. The van der Waals surface area contributed by atoms with Crippen LogP contribution in [0.15, 0.2) is 0 Å². The van der Waals surface area contributed by atoms with Gasteiger partial charge >= 0.3 is 0 Å². The number of piperidine rings is 1. The Hall–Kier alpha value is -0.570. The number of carbonyl (C=O) groups excluding carboxylic acids is 1. The van der Waals surface area contributed by atoms with Crippen molar-refractivity contribution in [3.05, 3.63) is 0 Å². The van der Waals surface area contributed by atoms with Gasteiger partial charge in [0, 0.05) is 24.5 Å². The van der Waals surface area contributed by atoms with E-state index in [1.165, 1.54) is 38.5 Å². The molecule has 21 heavy (non-hydrogen) atoms. The van der Waals surface area contributed by atoms with Gasteiger partial charge in [0.15, 0.2) is 0 Å². The predicted molar refractivity (Wildman–Crippen MR) is 88.0 cm³/mol. The van der Waals surface area contributed by atoms with Crippen LogP contribution in [0.5, 0.6) is 0 Å². The Kier molecular flexibility index (Phi) is 6.53. The molecule has 1 aliphatic carbocycles. The van der Waals surface area contributed by atoms with Crippen molar-refractivity contribution in [2.24, 2.45) is 17.6 Å². The van der Waals surface area contributed by atoms with E-state index in [-0.39, 0.29) is 5.92 Å². The molecule has 0 bridgehead atoms. The lowest BCUT2D eigenvalue weighted by Gasteiger charge is -2.43. The molecule has 3 heteroatoms. The maximum atomic E-state index is 12.9. The Bertz CT molecular complexity index is 323. The van der Waals surface area contributed by atoms with Crippen molar-refractivity contribution < 1.29 is 4.79 Å². The van der Waals surface area contributed by atoms with E-state index in [9.17, 15) is 4.79 Å². The second-order valence-corrected chi connectivity index (χ2v) is 7.27. The van der Waals surface area contributed by atoms with Gasteiger partial charge < -0.3 is 10.6 Å². The zero-order chi connectivity index (χ0) is 15.2. The van der Waals surface area contributed by atoms with Crippen LogP contribution >= 0.6 is 0 Å². The minimum Gasteiger partial charge on any atom is -0.336 e. The molecular formula is C18H34N2O. The molecule has 1 amide bonds. The fraction of sp³-hybridized carbons (Fsp3) is 0.944. The van der Waals surface area contributed by atoms with Crippen molar-refractivity contribution in [3.8, 4) is 0 Å². The summed E-state index contributed by atoms with van der Waals surface area (Å²) in [5.74, 6) is 1.56. The normalized spacial score (nSPS) is 34.0. The molecule has 3 nitrogen and oxygen atoms in total. The van der Waals surface area contributed by atoms with Crippen molar-refractivity contribution in [2.45, 2.75) is 90.1 Å². The first-order valence-electron chi connectivity index (χ1n) is 9.19. The lowest BCUT2D eigenvalue weighted by Crippen LogP contribution is -2.54. The largest absolute Gasteiger partial charge is 0.336 e. The van der Waals surface area contributed by atoms with Gasteiger partial charge in [0.2, 0.25) is 5.91 Å². The highest BCUT2D eigenvalue weighted by Gasteiger charge is 2.36. The first-order valence-corrected chi connectivity index (χ1v) is 9.19. The van der Waals surface area contributed by atoms with E-state index in [2.05, 4.69) is 18.7 Å². The van der Waals surface area contributed by atoms with Crippen LogP contribution in [-0.4, -0.2) is 29.4 Å². The molecule has 0 radical (unpaired) electrons. The van der Waals surface area contributed by atoms with Crippen LogP contribution in [0, 0.1) is 11.8 Å². The summed E-state index contributed by atoms with van der Waals surface area (Å²) in [6.45, 7) is 5.09. The number of hydrogen-bond donors (Lipinski definition) is 1. The minimum atomic E-state index is 0.275. The molecule has 122 valence electrons. The van der Waals surface area contributed by atoms with E-state index in [0.717, 1.165) is 31.6 Å². The number of carbonyl (C=O) groups is 1. The molecule has 1 saturated carbocycles. The number of likely N-dealkylation sites (tertiary alicyclic amines) is 1. The van der Waals surface area contributed by atoms with Crippen molar-refractivity contribution in [3.63, 3.8) is 0 Å². The van der Waals surface area contributed by atoms with Crippen LogP contribution < -0.4 is 5.73 Å². The van der Waals surface area contributed by atoms with Gasteiger partial charge in [-0.3, -0.25) is 4.79 Å². The number of hydrogen-bond acceptors (Lipinski definition) is 2. The van der Waals surface area contributed by atoms with Crippen molar-refractivity contribution >= 4 is 5.91 Å². The van der Waals surface area contributed by atoms with E-state index >= 15 is 0 Å². The molecular weight excluding hydrogens is 260 g/mol. The molecule has 2 atom stereocenters. The average molecular weight is 294 g/mol. The van der Waals surface area contributed by atoms with Gasteiger partial charge in [-0.2, -0.15) is 0 Å². The maximum Gasteiger partial charge on any atom is 0.226 e. The Morgan fingerprint density at radius 1 is 1.14 bits per heavy atom. The first-order chi connectivity index (χ1) is 10.2. The van der Waals surface area contributed by atoms with Crippen LogP contribution in [0.4, 0.5) is 0 Å². The van der Waals surface area contributed by atoms with E-state index in [4.69, 9.17) is 5.73 Å². The van der Waals surface area contributed by atoms with Crippen LogP contribution in [0.25, 0.3) is 0 Å². The number of unbranched alkanes of at least 4 members (excludes halogenated alkanes) is 1. The summed E-state index contributed by atoms with van der Waals surface area (Å²) < 4.78 is 0. The quantitative estimate of drug-likeness (QED) is 0.840. The third kappa shape index (κ3) is 4.21. The highest BCUT2D eigenvalue weighted by molar-refractivity contribution is 5.79. The Morgan fingerprint density at radius 3 is 2.48 bits per heavy atom. The van der Waals surface area contributed by atoms with Gasteiger partial charge in [0.1, 0.15) is 0 Å². The zero-order valence-electron chi connectivity index (χ0n) is 14.0. The Morgan fingerprint density at radius 2 is 1.86 bits per heavy atom. The highest BCUT2D eigenvalue weighted by atomic mass is 16.2. The second kappa shape index (κ2) is 8.17. The third-order valence-corrected chi connectivity index (χ3v) is 5.72. The molecule has 0 aromatic rings. The number of nitrogens with two attached hydrogens (primary N) is 1. The van der Waals surface area contributed by atoms with Gasteiger partial charge in [0.05, 0.1) is 0 Å². The highest BCUT2D eigenvalue weighted by Crippen LogP contribution is 2.35. The zero-order valence-corrected chi connectivity index (χ0v) is 14.0. The molecule has 2 N–H and O–H groups in total. The predicted octanol–water partition coefficient (Wildman–Crippen LogP) is 3.71. The Labute approximate surface area is 130 Å². The molecule has 2 fully saturated rings. The van der Waals surface area contributed by atoms with Gasteiger partial charge in [-0.1, -0.05) is 26.2 Å². The molecule has 1 aliphatic heterocycles. The number of amides is 1. The number of nitrogens with zero attached hydrogens (tertiary/aromatic N) is 1. The molecule has 2 rings (SSSR count). The molecule has 2 aliphatic rings. The summed E-state index contributed by atoms with van der Waals surface area (Å²) in [7, 11) is 0. The maximum absolute atomic E-state index is 12.9. The van der Waals surface area contributed by atoms with Gasteiger partial charge in [-0.15, -0.1) is 0 Å². The number of rotatable bonds is 5. The summed E-state index contributed by atoms with van der Waals surface area (Å²) in [6.07, 6.45) is 12.2. The summed E-state index contributed by atoms with van der Waals surface area (Å²) in [6, 6.07) is 0.677. The standard InChI is InChI=1S/C18H34N2O/c1-3-4-7-15-9-11-16(12-10-15)18(21)20-14(2)6-5-8-17(20)13-19/h14-17H,3-13,19H2,1-2H3. The van der Waals surface area contributed by atoms with Gasteiger partial charge in [-0.05, 0) is 57.8 Å². The lowest BCUT2D eigenvalue weighted by molar-refractivity contribution is -0.143. The SMILES string of the molecule is CCCCC1CCC(C(=O)N2C(C)CCCC2CN)CC1. The molecule has 0 aromatic heterocycles. The summed E-state index contributed by atoms with van der Waals surface area (Å²) >= 11 is 0. The summed E-state index contributed by atoms with van der Waals surface area (Å²) in [4.78, 5) is 15.1. The minimum absolute atomic E-state index is 0.275. The fourth-order valence-corrected chi connectivity index (χ4v) is 4.32. The lowest BCUT2D eigenvalue weighted by atomic mass is 9.78. The van der Waals surface area contributed by atoms with Crippen molar-refractivity contribution in [2.75, 3.05) is 6.54 Å². The van der Waals surface area contributed by atoms with Gasteiger partial charge in [-0.25, -0.2) is 0 Å². The van der Waals surface area contributed by atoms with Gasteiger partial charge in [0.25, 0.3) is 0 Å². The average Bonchev–Trinajstić information content (AvgIpc) is 2.52. The smallest absolute Gasteiger partial charge is 0.226 e. The van der Waals surface area contributed by atoms with Crippen molar-refractivity contribution in [1.82, 2.24) is 4.90 Å². The molecule has 0 aromatic carbocycles. The van der Waals surface area contributed by atoms with E-state index in [1.807, 2.05) is 0 Å². The topological polar surface area (TPSA) is 46.3 Å². The second-order valence-electron chi connectivity index (χ2n) is 7.27. The van der Waals surface area contributed by atoms with Crippen LogP contribution in [0.2, 0.25) is 0 Å². The van der Waals surface area contributed by atoms with Crippen LogP contribution in [-0.2, 0) is 4.79 Å². The van der Waals surface area contributed by atoms with Crippen LogP contribution in [0.1, 0.15) is 78.1 Å². The van der Waals surface area contributed by atoms with E-state index in [0.29, 0.717) is 24.5 Å². The van der Waals surface area contributed by atoms with Crippen LogP contribution in [0.3, 0.4) is 0 Å². The first kappa shape index (κ1) is 16.8. The van der Waals surface area contributed by atoms with E-state index in [1.54, 1.807) is 0 Å².